The fraction of sp³-hybridized carbons (Fsp3) is 0.588. The molecule has 0 unspecified atom stereocenters. The standard InChI is InChI=1S/C17H22ClFN2O2/c1-2-17(23)7-3-4-11-9-21(10-13(11)17)16(22)20-12-5-6-15(19)14(18)8-12/h5-6,8,11,13,23H,2-4,7,9-10H2,1H3,(H,20,22)/t11-,13+,17-/m1/s1. The monoisotopic (exact) mass is 340 g/mol. The molecule has 2 aliphatic rings. The van der Waals surface area contributed by atoms with Gasteiger partial charge >= 0.3 is 6.03 Å². The first-order valence-corrected chi connectivity index (χ1v) is 8.54. The largest absolute Gasteiger partial charge is 0.390 e. The Morgan fingerprint density at radius 1 is 1.52 bits per heavy atom. The molecule has 6 heteroatoms. The minimum Gasteiger partial charge on any atom is -0.390 e. The van der Waals surface area contributed by atoms with Crippen LogP contribution in [0.15, 0.2) is 18.2 Å². The van der Waals surface area contributed by atoms with Crippen molar-refractivity contribution in [2.45, 2.75) is 38.2 Å². The number of rotatable bonds is 2. The molecule has 1 aromatic carbocycles. The van der Waals surface area contributed by atoms with Crippen molar-refractivity contribution in [2.24, 2.45) is 11.8 Å². The predicted molar refractivity (Wildman–Crippen MR) is 88.1 cm³/mol. The smallest absolute Gasteiger partial charge is 0.321 e. The topological polar surface area (TPSA) is 52.6 Å². The van der Waals surface area contributed by atoms with E-state index in [2.05, 4.69) is 5.32 Å². The van der Waals surface area contributed by atoms with Crippen LogP contribution in [-0.4, -0.2) is 34.7 Å². The SMILES string of the molecule is CC[C@@]1(O)CCC[C@@H]2CN(C(=O)Nc3ccc(F)c(Cl)c3)C[C@@H]21. The summed E-state index contributed by atoms with van der Waals surface area (Å²) in [6.45, 7) is 3.23. The van der Waals surface area contributed by atoms with E-state index < -0.39 is 11.4 Å². The molecule has 23 heavy (non-hydrogen) atoms. The van der Waals surface area contributed by atoms with E-state index in [0.717, 1.165) is 25.7 Å². The molecule has 0 bridgehead atoms. The molecule has 3 atom stereocenters. The van der Waals surface area contributed by atoms with Crippen LogP contribution in [0.3, 0.4) is 0 Å². The number of nitrogens with zero attached hydrogens (tertiary/aromatic N) is 1. The van der Waals surface area contributed by atoms with Crippen LogP contribution in [-0.2, 0) is 0 Å². The van der Waals surface area contributed by atoms with Gasteiger partial charge in [-0.2, -0.15) is 0 Å². The maximum atomic E-state index is 13.2. The number of amides is 2. The van der Waals surface area contributed by atoms with Crippen LogP contribution in [0, 0.1) is 17.7 Å². The van der Waals surface area contributed by atoms with Crippen LogP contribution in [0.1, 0.15) is 32.6 Å². The molecule has 4 nitrogen and oxygen atoms in total. The summed E-state index contributed by atoms with van der Waals surface area (Å²) in [7, 11) is 0. The number of hydrogen-bond acceptors (Lipinski definition) is 2. The summed E-state index contributed by atoms with van der Waals surface area (Å²) in [5.74, 6) is -0.00932. The maximum Gasteiger partial charge on any atom is 0.321 e. The Morgan fingerprint density at radius 2 is 2.30 bits per heavy atom. The van der Waals surface area contributed by atoms with Crippen molar-refractivity contribution >= 4 is 23.3 Å². The molecule has 2 amide bonds. The van der Waals surface area contributed by atoms with E-state index in [-0.39, 0.29) is 17.0 Å². The molecule has 2 N–H and O–H groups in total. The van der Waals surface area contributed by atoms with E-state index in [1.807, 2.05) is 6.92 Å². The number of carbonyl (C=O) groups is 1. The zero-order valence-electron chi connectivity index (χ0n) is 13.2. The lowest BCUT2D eigenvalue weighted by Gasteiger charge is -2.40. The van der Waals surface area contributed by atoms with E-state index in [1.54, 1.807) is 4.90 Å². The number of nitrogens with one attached hydrogen (secondary N) is 1. The van der Waals surface area contributed by atoms with Crippen LogP contribution in [0.25, 0.3) is 0 Å². The first kappa shape index (κ1) is 16.5. The van der Waals surface area contributed by atoms with Gasteiger partial charge in [0.25, 0.3) is 0 Å². The molecule has 1 aliphatic carbocycles. The molecule has 1 heterocycles. The predicted octanol–water partition coefficient (Wildman–Crippen LogP) is 3.88. The molecule has 3 rings (SSSR count). The zero-order valence-corrected chi connectivity index (χ0v) is 13.9. The van der Waals surface area contributed by atoms with Crippen LogP contribution in [0.2, 0.25) is 5.02 Å². The van der Waals surface area contributed by atoms with E-state index in [4.69, 9.17) is 11.6 Å². The Morgan fingerprint density at radius 3 is 3.00 bits per heavy atom. The lowest BCUT2D eigenvalue weighted by molar-refractivity contribution is -0.0607. The van der Waals surface area contributed by atoms with E-state index in [9.17, 15) is 14.3 Å². The summed E-state index contributed by atoms with van der Waals surface area (Å²) < 4.78 is 13.2. The van der Waals surface area contributed by atoms with Crippen molar-refractivity contribution < 1.29 is 14.3 Å². The summed E-state index contributed by atoms with van der Waals surface area (Å²) in [5.41, 5.74) is -0.182. The first-order chi connectivity index (χ1) is 10.9. The lowest BCUT2D eigenvalue weighted by atomic mass is 9.69. The van der Waals surface area contributed by atoms with Crippen LogP contribution < -0.4 is 5.32 Å². The Labute approximate surface area is 140 Å². The van der Waals surface area contributed by atoms with Crippen LogP contribution >= 0.6 is 11.6 Å². The average molecular weight is 341 g/mol. The highest BCUT2D eigenvalue weighted by Crippen LogP contribution is 2.44. The molecule has 1 saturated heterocycles. The Balaban J connectivity index is 1.68. The number of aliphatic hydroxyl groups is 1. The van der Waals surface area contributed by atoms with Gasteiger partial charge in [0.15, 0.2) is 0 Å². The molecular formula is C17H22ClFN2O2. The molecule has 0 radical (unpaired) electrons. The van der Waals surface area contributed by atoms with Gasteiger partial charge in [-0.3, -0.25) is 0 Å². The fourth-order valence-electron chi connectivity index (χ4n) is 4.01. The van der Waals surface area contributed by atoms with Gasteiger partial charge in [0.05, 0.1) is 10.6 Å². The molecule has 0 spiro atoms. The Hall–Kier alpha value is -1.33. The van der Waals surface area contributed by atoms with Gasteiger partial charge in [0.1, 0.15) is 5.82 Å². The third-order valence-electron chi connectivity index (χ3n) is 5.39. The highest BCUT2D eigenvalue weighted by molar-refractivity contribution is 6.31. The number of hydrogen-bond donors (Lipinski definition) is 2. The number of carbonyl (C=O) groups excluding carboxylic acids is 1. The Kier molecular flexibility index (Phi) is 4.52. The minimum absolute atomic E-state index is 0.0155. The number of halogens is 2. The van der Waals surface area contributed by atoms with Gasteiger partial charge in [-0.25, -0.2) is 9.18 Å². The van der Waals surface area contributed by atoms with Gasteiger partial charge < -0.3 is 15.3 Å². The molecule has 126 valence electrons. The van der Waals surface area contributed by atoms with E-state index in [0.29, 0.717) is 24.7 Å². The Bertz CT molecular complexity index is 612. The normalized spacial score (nSPS) is 30.2. The van der Waals surface area contributed by atoms with Crippen molar-refractivity contribution in [1.29, 1.82) is 0 Å². The zero-order chi connectivity index (χ0) is 16.6. The lowest BCUT2D eigenvalue weighted by Crippen LogP contribution is -2.44. The maximum absolute atomic E-state index is 13.2. The number of urea groups is 1. The average Bonchev–Trinajstić information content (AvgIpc) is 2.97. The minimum atomic E-state index is -0.656. The summed E-state index contributed by atoms with van der Waals surface area (Å²) in [6, 6.07) is 3.91. The number of anilines is 1. The van der Waals surface area contributed by atoms with Crippen molar-refractivity contribution in [3.63, 3.8) is 0 Å². The van der Waals surface area contributed by atoms with Gasteiger partial charge in [0, 0.05) is 24.7 Å². The van der Waals surface area contributed by atoms with E-state index >= 15 is 0 Å². The van der Waals surface area contributed by atoms with Crippen molar-refractivity contribution in [2.75, 3.05) is 18.4 Å². The van der Waals surface area contributed by atoms with Gasteiger partial charge in [-0.05, 0) is 43.4 Å². The van der Waals surface area contributed by atoms with Crippen LogP contribution in [0.4, 0.5) is 14.9 Å². The van der Waals surface area contributed by atoms with Crippen molar-refractivity contribution in [1.82, 2.24) is 4.90 Å². The quantitative estimate of drug-likeness (QED) is 0.858. The van der Waals surface area contributed by atoms with Crippen LogP contribution in [0.5, 0.6) is 0 Å². The van der Waals surface area contributed by atoms with Crippen molar-refractivity contribution in [3.8, 4) is 0 Å². The van der Waals surface area contributed by atoms with Crippen molar-refractivity contribution in [3.05, 3.63) is 29.0 Å². The summed E-state index contributed by atoms with van der Waals surface area (Å²) >= 11 is 5.74. The number of fused-ring (bicyclic) bond motifs is 1. The summed E-state index contributed by atoms with van der Waals surface area (Å²) in [4.78, 5) is 14.2. The second kappa shape index (κ2) is 6.29. The van der Waals surface area contributed by atoms with Gasteiger partial charge in [-0.15, -0.1) is 0 Å². The number of likely N-dealkylation sites (tertiary alicyclic amines) is 1. The molecule has 0 aromatic heterocycles. The molecule has 1 saturated carbocycles. The van der Waals surface area contributed by atoms with E-state index in [1.165, 1.54) is 18.2 Å². The molecular weight excluding hydrogens is 319 g/mol. The molecule has 1 aromatic rings. The highest BCUT2D eigenvalue weighted by atomic mass is 35.5. The fourth-order valence-corrected chi connectivity index (χ4v) is 4.19. The molecule has 1 aliphatic heterocycles. The first-order valence-electron chi connectivity index (χ1n) is 8.16. The van der Waals surface area contributed by atoms with Gasteiger partial charge in [0.2, 0.25) is 0 Å². The second-order valence-corrected chi connectivity index (χ2v) is 7.09. The highest BCUT2D eigenvalue weighted by Gasteiger charge is 2.48. The second-order valence-electron chi connectivity index (χ2n) is 6.68. The summed E-state index contributed by atoms with van der Waals surface area (Å²) in [5, 5.41) is 13.5. The third kappa shape index (κ3) is 3.17. The summed E-state index contributed by atoms with van der Waals surface area (Å²) in [6.07, 6.45) is 3.60. The number of benzene rings is 1. The van der Waals surface area contributed by atoms with Gasteiger partial charge in [-0.1, -0.05) is 24.9 Å². The molecule has 2 fully saturated rings. The third-order valence-corrected chi connectivity index (χ3v) is 5.68.